The van der Waals surface area contributed by atoms with Crippen LogP contribution in [0, 0.1) is 0 Å². The maximum atomic E-state index is 5.83. The van der Waals surface area contributed by atoms with Gasteiger partial charge in [0.2, 0.25) is 0 Å². The minimum atomic E-state index is 0.0509. The molecule has 1 unspecified atom stereocenters. The average molecular weight is 390 g/mol. The van der Waals surface area contributed by atoms with Crippen molar-refractivity contribution in [1.29, 1.82) is 0 Å². The summed E-state index contributed by atoms with van der Waals surface area (Å²) in [5.41, 5.74) is 1.69. The number of nitrogens with zero attached hydrogens (tertiary/aromatic N) is 6. The molecule has 1 atom stereocenters. The normalized spacial score (nSPS) is 21.7. The molecule has 29 heavy (non-hydrogen) atoms. The molecule has 1 N–H and O–H groups in total. The topological polar surface area (TPSA) is 83.7 Å². The molecular weight excluding hydrogens is 370 g/mol. The number of amidine groups is 1. The third kappa shape index (κ3) is 2.92. The van der Waals surface area contributed by atoms with Crippen LogP contribution in [0.15, 0.2) is 64.0 Å². The average Bonchev–Trinajstić information content (AvgIpc) is 3.13. The molecule has 0 amide bonds. The standard InChI is InChI=1S/C20H20N7O2/c1-26-8-10-29-17-11-15(12-22-19(17)26)27-9-7-21-13-18(27)24-20(25-27)23-14-3-5-16(28-2)6-4-14/h3-7,9,11-13H,8,10H2,1-2H3,(H,23,25)/q+1. The van der Waals surface area contributed by atoms with E-state index in [0.717, 1.165) is 35.2 Å². The fraction of sp³-hybridized carbons (Fsp3) is 0.200. The second-order valence-corrected chi connectivity index (χ2v) is 6.79. The first-order chi connectivity index (χ1) is 14.2. The zero-order valence-corrected chi connectivity index (χ0v) is 16.1. The van der Waals surface area contributed by atoms with Crippen molar-refractivity contribution in [3.8, 4) is 11.5 Å². The predicted octanol–water partition coefficient (Wildman–Crippen LogP) is 2.58. The van der Waals surface area contributed by atoms with Crippen molar-refractivity contribution in [3.63, 3.8) is 0 Å². The summed E-state index contributed by atoms with van der Waals surface area (Å²) in [5, 5.41) is 8.09. The fourth-order valence-corrected chi connectivity index (χ4v) is 3.42. The Morgan fingerprint density at radius 3 is 2.93 bits per heavy atom. The number of rotatable bonds is 3. The zero-order valence-electron chi connectivity index (χ0n) is 16.1. The number of aromatic nitrogens is 1. The van der Waals surface area contributed by atoms with Gasteiger partial charge in [0.1, 0.15) is 18.6 Å². The van der Waals surface area contributed by atoms with E-state index < -0.39 is 0 Å². The van der Waals surface area contributed by atoms with Crippen LogP contribution in [0.4, 0.5) is 17.2 Å². The SMILES string of the molecule is COc1ccc(NC2=N[N+]3(c4cnc5c(c4)OCCN5C)C=CN=CC3=N2)cc1. The Kier molecular flexibility index (Phi) is 4.02. The fourth-order valence-electron chi connectivity index (χ4n) is 3.42. The summed E-state index contributed by atoms with van der Waals surface area (Å²) in [6.45, 7) is 1.44. The van der Waals surface area contributed by atoms with Gasteiger partial charge in [-0.15, -0.1) is 0 Å². The molecule has 5 rings (SSSR count). The van der Waals surface area contributed by atoms with Crippen molar-refractivity contribution in [2.75, 3.05) is 37.5 Å². The maximum Gasteiger partial charge on any atom is 0.287 e. The molecule has 4 heterocycles. The Morgan fingerprint density at radius 1 is 1.24 bits per heavy atom. The van der Waals surface area contributed by atoms with Crippen LogP contribution in [0.2, 0.25) is 0 Å². The van der Waals surface area contributed by atoms with Gasteiger partial charge >= 0.3 is 0 Å². The van der Waals surface area contributed by atoms with Gasteiger partial charge < -0.3 is 19.7 Å². The summed E-state index contributed by atoms with van der Waals surface area (Å²) < 4.78 is 11.1. The van der Waals surface area contributed by atoms with Gasteiger partial charge in [-0.25, -0.2) is 4.98 Å². The van der Waals surface area contributed by atoms with E-state index in [9.17, 15) is 0 Å². The molecule has 0 spiro atoms. The third-order valence-corrected chi connectivity index (χ3v) is 4.98. The van der Waals surface area contributed by atoms with E-state index in [-0.39, 0.29) is 4.59 Å². The maximum absolute atomic E-state index is 5.83. The number of likely N-dealkylation sites (N-methyl/N-ethyl adjacent to an activating group) is 1. The van der Waals surface area contributed by atoms with E-state index in [1.54, 1.807) is 19.5 Å². The highest BCUT2D eigenvalue weighted by Crippen LogP contribution is 2.37. The quantitative estimate of drug-likeness (QED) is 0.815. The molecule has 0 saturated carbocycles. The van der Waals surface area contributed by atoms with Crippen LogP contribution in [0.3, 0.4) is 0 Å². The van der Waals surface area contributed by atoms with Gasteiger partial charge in [-0.1, -0.05) is 4.59 Å². The molecule has 0 fully saturated rings. The summed E-state index contributed by atoms with van der Waals surface area (Å²) in [5.74, 6) is 3.52. The van der Waals surface area contributed by atoms with Gasteiger partial charge in [0.05, 0.1) is 32.1 Å². The number of guanidine groups is 1. The highest BCUT2D eigenvalue weighted by molar-refractivity contribution is 6.38. The van der Waals surface area contributed by atoms with Crippen LogP contribution in [-0.4, -0.2) is 50.3 Å². The van der Waals surface area contributed by atoms with E-state index >= 15 is 0 Å². The van der Waals surface area contributed by atoms with E-state index in [0.29, 0.717) is 18.4 Å². The number of anilines is 2. The second kappa shape index (κ2) is 6.71. The lowest BCUT2D eigenvalue weighted by molar-refractivity contribution is 0.308. The van der Waals surface area contributed by atoms with E-state index in [1.165, 1.54) is 0 Å². The first kappa shape index (κ1) is 17.4. The van der Waals surface area contributed by atoms with Gasteiger partial charge in [-0.2, -0.15) is 4.99 Å². The summed E-state index contributed by atoms with van der Waals surface area (Å²) >= 11 is 0. The van der Waals surface area contributed by atoms with Crippen LogP contribution in [-0.2, 0) is 0 Å². The van der Waals surface area contributed by atoms with Gasteiger partial charge in [-0.05, 0) is 29.4 Å². The van der Waals surface area contributed by atoms with Crippen molar-refractivity contribution in [1.82, 2.24) is 9.58 Å². The first-order valence-electron chi connectivity index (χ1n) is 9.23. The smallest absolute Gasteiger partial charge is 0.287 e. The van der Waals surface area contributed by atoms with Gasteiger partial charge in [-0.3, -0.25) is 4.99 Å². The molecule has 9 heteroatoms. The number of fused-ring (bicyclic) bond motifs is 2. The molecule has 1 aromatic carbocycles. The lowest BCUT2D eigenvalue weighted by atomic mass is 10.2. The highest BCUT2D eigenvalue weighted by Gasteiger charge is 2.44. The zero-order chi connectivity index (χ0) is 19.8. The van der Waals surface area contributed by atoms with Crippen molar-refractivity contribution < 1.29 is 9.47 Å². The molecule has 2 aromatic rings. The van der Waals surface area contributed by atoms with Crippen LogP contribution in [0.5, 0.6) is 11.5 Å². The van der Waals surface area contributed by atoms with E-state index in [2.05, 4.69) is 25.2 Å². The lowest BCUT2D eigenvalue weighted by Gasteiger charge is -2.28. The van der Waals surface area contributed by atoms with Gasteiger partial charge in [0, 0.05) is 12.7 Å². The van der Waals surface area contributed by atoms with Gasteiger partial charge in [0.15, 0.2) is 23.5 Å². The number of benzene rings is 1. The van der Waals surface area contributed by atoms with Crippen LogP contribution in [0.25, 0.3) is 0 Å². The first-order valence-corrected chi connectivity index (χ1v) is 9.23. The number of nitrogens with one attached hydrogen (secondary N) is 1. The van der Waals surface area contributed by atoms with Crippen LogP contribution >= 0.6 is 0 Å². The monoisotopic (exact) mass is 390 g/mol. The third-order valence-electron chi connectivity index (χ3n) is 4.98. The van der Waals surface area contributed by atoms with Crippen molar-refractivity contribution in [3.05, 3.63) is 48.9 Å². The lowest BCUT2D eigenvalue weighted by Crippen LogP contribution is -2.44. The molecule has 0 aliphatic carbocycles. The Hall–Kier alpha value is -3.72. The Labute approximate surface area is 167 Å². The minimum absolute atomic E-state index is 0.0509. The number of aliphatic imine (C=N–C) groups is 2. The molecule has 0 radical (unpaired) electrons. The highest BCUT2D eigenvalue weighted by atomic mass is 16.5. The molecule has 3 aliphatic rings. The largest absolute Gasteiger partial charge is 0.497 e. The molecular formula is C20H20N7O2+. The molecule has 9 nitrogen and oxygen atoms in total. The summed E-state index contributed by atoms with van der Waals surface area (Å²) in [7, 11) is 3.65. The molecule has 146 valence electrons. The second-order valence-electron chi connectivity index (χ2n) is 6.79. The number of hydrogen-bond donors (Lipinski definition) is 1. The van der Waals surface area contributed by atoms with Crippen LogP contribution in [0.1, 0.15) is 0 Å². The molecule has 3 aliphatic heterocycles. The predicted molar refractivity (Wildman–Crippen MR) is 114 cm³/mol. The Balaban J connectivity index is 1.51. The Bertz CT molecular complexity index is 1070. The molecule has 0 saturated heterocycles. The summed E-state index contributed by atoms with van der Waals surface area (Å²) in [6, 6.07) is 9.56. The summed E-state index contributed by atoms with van der Waals surface area (Å²) in [6.07, 6.45) is 7.10. The van der Waals surface area contributed by atoms with Crippen molar-refractivity contribution >= 4 is 35.2 Å². The Morgan fingerprint density at radius 2 is 2.10 bits per heavy atom. The van der Waals surface area contributed by atoms with Crippen molar-refractivity contribution in [2.45, 2.75) is 0 Å². The van der Waals surface area contributed by atoms with Crippen LogP contribution < -0.4 is 24.3 Å². The number of quaternary nitrogens is 1. The number of hydrogen-bond acceptors (Lipinski definition) is 8. The number of methoxy groups -OCH3 is 1. The number of ether oxygens (including phenoxy) is 2. The van der Waals surface area contributed by atoms with Crippen molar-refractivity contribution in [2.24, 2.45) is 15.1 Å². The van der Waals surface area contributed by atoms with Gasteiger partial charge in [0.25, 0.3) is 11.8 Å². The van der Waals surface area contributed by atoms with E-state index in [1.807, 2.05) is 49.8 Å². The van der Waals surface area contributed by atoms with E-state index in [4.69, 9.17) is 14.6 Å². The minimum Gasteiger partial charge on any atom is -0.497 e. The molecule has 0 bridgehead atoms. The molecule has 1 aromatic heterocycles. The number of pyridine rings is 1. The summed E-state index contributed by atoms with van der Waals surface area (Å²) in [4.78, 5) is 15.6.